The Morgan fingerprint density at radius 1 is 0.892 bits per heavy atom. The fourth-order valence-corrected chi connectivity index (χ4v) is 6.67. The summed E-state index contributed by atoms with van der Waals surface area (Å²) in [6.07, 6.45) is 1.67. The summed E-state index contributed by atoms with van der Waals surface area (Å²) in [5.41, 5.74) is 3.76. The van der Waals surface area contributed by atoms with Crippen LogP contribution in [-0.4, -0.2) is 63.5 Å². The van der Waals surface area contributed by atoms with Gasteiger partial charge in [0.05, 0.1) is 10.6 Å². The summed E-state index contributed by atoms with van der Waals surface area (Å²) in [5, 5.41) is 0. The summed E-state index contributed by atoms with van der Waals surface area (Å²) in [5.74, 6) is 0.467. The third-order valence-electron chi connectivity index (χ3n) is 7.13. The van der Waals surface area contributed by atoms with Crippen LogP contribution in [0.2, 0.25) is 0 Å². The number of hydrogen-bond acceptors (Lipinski definition) is 5. The number of aryl methyl sites for hydroxylation is 2. The number of amides is 1. The number of nitrogens with zero attached hydrogens (tertiary/aromatic N) is 3. The normalized spacial score (nSPS) is 16.4. The van der Waals surface area contributed by atoms with Gasteiger partial charge in [-0.15, -0.1) is 0 Å². The molecule has 2 aliphatic heterocycles. The zero-order valence-electron chi connectivity index (χ0n) is 21.2. The molecule has 37 heavy (non-hydrogen) atoms. The SMILES string of the molecule is Cc1cc(S(=O)(=O)N2CCCc3ccccc32)ccc1OCC(=O)N1CCN(Cc2ccccc2)CC1. The van der Waals surface area contributed by atoms with Gasteiger partial charge >= 0.3 is 0 Å². The highest BCUT2D eigenvalue weighted by atomic mass is 32.2. The van der Waals surface area contributed by atoms with Crippen LogP contribution >= 0.6 is 0 Å². The number of piperazine rings is 1. The van der Waals surface area contributed by atoms with Crippen molar-refractivity contribution >= 4 is 21.6 Å². The molecular formula is C29H33N3O4S. The Hall–Kier alpha value is -3.36. The molecule has 0 spiro atoms. The quantitative estimate of drug-likeness (QED) is 0.474. The van der Waals surface area contributed by atoms with Crippen LogP contribution in [0.4, 0.5) is 5.69 Å². The lowest BCUT2D eigenvalue weighted by molar-refractivity contribution is -0.135. The van der Waals surface area contributed by atoms with Crippen LogP contribution in [0, 0.1) is 6.92 Å². The number of anilines is 1. The van der Waals surface area contributed by atoms with E-state index >= 15 is 0 Å². The van der Waals surface area contributed by atoms with E-state index in [4.69, 9.17) is 4.74 Å². The Bertz CT molecular complexity index is 1350. The van der Waals surface area contributed by atoms with E-state index in [0.717, 1.165) is 43.7 Å². The molecule has 8 heteroatoms. The lowest BCUT2D eigenvalue weighted by atomic mass is 10.0. The molecule has 3 aromatic carbocycles. The van der Waals surface area contributed by atoms with Gasteiger partial charge < -0.3 is 9.64 Å². The molecular weight excluding hydrogens is 486 g/mol. The molecule has 2 heterocycles. The van der Waals surface area contributed by atoms with Crippen LogP contribution in [-0.2, 0) is 27.8 Å². The summed E-state index contributed by atoms with van der Waals surface area (Å²) >= 11 is 0. The molecule has 1 fully saturated rings. The molecule has 7 nitrogen and oxygen atoms in total. The van der Waals surface area contributed by atoms with Gasteiger partial charge in [-0.3, -0.25) is 14.0 Å². The molecule has 0 bridgehead atoms. The zero-order chi connectivity index (χ0) is 25.8. The third kappa shape index (κ3) is 5.65. The minimum absolute atomic E-state index is 0.0552. The van der Waals surface area contributed by atoms with Gasteiger partial charge in [0.15, 0.2) is 6.61 Å². The molecule has 194 valence electrons. The molecule has 0 aromatic heterocycles. The van der Waals surface area contributed by atoms with Crippen molar-refractivity contribution in [3.8, 4) is 5.75 Å². The smallest absolute Gasteiger partial charge is 0.264 e. The molecule has 2 aliphatic rings. The molecule has 0 unspecified atom stereocenters. The molecule has 0 N–H and O–H groups in total. The lowest BCUT2D eigenvalue weighted by Crippen LogP contribution is -2.49. The number of sulfonamides is 1. The molecule has 3 aromatic rings. The van der Waals surface area contributed by atoms with Crippen molar-refractivity contribution in [1.29, 1.82) is 0 Å². The van der Waals surface area contributed by atoms with Crippen molar-refractivity contribution < 1.29 is 17.9 Å². The van der Waals surface area contributed by atoms with Crippen molar-refractivity contribution in [2.24, 2.45) is 0 Å². The van der Waals surface area contributed by atoms with E-state index in [9.17, 15) is 13.2 Å². The van der Waals surface area contributed by atoms with E-state index in [1.807, 2.05) is 54.3 Å². The van der Waals surface area contributed by atoms with Crippen molar-refractivity contribution in [3.05, 3.63) is 89.5 Å². The molecule has 5 rings (SSSR count). The van der Waals surface area contributed by atoms with Crippen LogP contribution in [0.25, 0.3) is 0 Å². The Kier molecular flexibility index (Phi) is 7.48. The van der Waals surface area contributed by atoms with Gasteiger partial charge in [0.2, 0.25) is 0 Å². The van der Waals surface area contributed by atoms with Gasteiger partial charge in [-0.1, -0.05) is 48.5 Å². The number of hydrogen-bond donors (Lipinski definition) is 0. The first-order chi connectivity index (χ1) is 17.9. The summed E-state index contributed by atoms with van der Waals surface area (Å²) in [4.78, 5) is 17.2. The highest BCUT2D eigenvalue weighted by molar-refractivity contribution is 7.92. The number of benzene rings is 3. The van der Waals surface area contributed by atoms with Gasteiger partial charge in [0, 0.05) is 39.3 Å². The fraction of sp³-hybridized carbons (Fsp3) is 0.345. The highest BCUT2D eigenvalue weighted by Gasteiger charge is 2.29. The van der Waals surface area contributed by atoms with Gasteiger partial charge in [0.25, 0.3) is 15.9 Å². The van der Waals surface area contributed by atoms with E-state index in [-0.39, 0.29) is 17.4 Å². The maximum atomic E-state index is 13.4. The van der Waals surface area contributed by atoms with E-state index in [2.05, 4.69) is 17.0 Å². The molecule has 0 saturated carbocycles. The molecule has 1 saturated heterocycles. The van der Waals surface area contributed by atoms with Crippen molar-refractivity contribution in [2.45, 2.75) is 31.2 Å². The number of fused-ring (bicyclic) bond motifs is 1. The lowest BCUT2D eigenvalue weighted by Gasteiger charge is -2.34. The van der Waals surface area contributed by atoms with E-state index in [1.165, 1.54) is 9.87 Å². The Morgan fingerprint density at radius 2 is 1.62 bits per heavy atom. The summed E-state index contributed by atoms with van der Waals surface area (Å²) in [7, 11) is -3.69. The number of ether oxygens (including phenoxy) is 1. The van der Waals surface area contributed by atoms with Gasteiger partial charge in [-0.25, -0.2) is 8.42 Å². The highest BCUT2D eigenvalue weighted by Crippen LogP contribution is 2.33. The number of carbonyl (C=O) groups excluding carboxylic acids is 1. The van der Waals surface area contributed by atoms with Crippen molar-refractivity contribution in [1.82, 2.24) is 9.80 Å². The second-order valence-corrected chi connectivity index (χ2v) is 11.5. The molecule has 0 aliphatic carbocycles. The third-order valence-corrected chi connectivity index (χ3v) is 8.94. The maximum absolute atomic E-state index is 13.4. The first-order valence-corrected chi connectivity index (χ1v) is 14.2. The average Bonchev–Trinajstić information content (AvgIpc) is 2.93. The summed E-state index contributed by atoms with van der Waals surface area (Å²) in [6, 6.07) is 22.9. The topological polar surface area (TPSA) is 70.2 Å². The van der Waals surface area contributed by atoms with Crippen LogP contribution in [0.15, 0.2) is 77.7 Å². The Balaban J connectivity index is 1.17. The first-order valence-electron chi connectivity index (χ1n) is 12.8. The van der Waals surface area contributed by atoms with Crippen LogP contribution in [0.1, 0.15) is 23.1 Å². The number of carbonyl (C=O) groups is 1. The van der Waals surface area contributed by atoms with Crippen molar-refractivity contribution in [3.63, 3.8) is 0 Å². The van der Waals surface area contributed by atoms with Gasteiger partial charge in [-0.05, 0) is 60.7 Å². The average molecular weight is 520 g/mol. The molecule has 0 radical (unpaired) electrons. The summed E-state index contributed by atoms with van der Waals surface area (Å²) < 4.78 is 34.2. The van der Waals surface area contributed by atoms with Crippen LogP contribution in [0.5, 0.6) is 5.75 Å². The van der Waals surface area contributed by atoms with E-state index in [0.29, 0.717) is 30.9 Å². The number of para-hydroxylation sites is 1. The van der Waals surface area contributed by atoms with Crippen LogP contribution < -0.4 is 9.04 Å². The van der Waals surface area contributed by atoms with E-state index in [1.54, 1.807) is 18.2 Å². The molecule has 0 atom stereocenters. The molecule has 1 amide bonds. The fourth-order valence-electron chi connectivity index (χ4n) is 5.05. The van der Waals surface area contributed by atoms with Gasteiger partial charge in [-0.2, -0.15) is 0 Å². The maximum Gasteiger partial charge on any atom is 0.264 e. The largest absolute Gasteiger partial charge is 0.483 e. The predicted octanol–water partition coefficient (Wildman–Crippen LogP) is 3.86. The predicted molar refractivity (Wildman–Crippen MR) is 144 cm³/mol. The van der Waals surface area contributed by atoms with Crippen LogP contribution in [0.3, 0.4) is 0 Å². The first kappa shape index (κ1) is 25.3. The second-order valence-electron chi connectivity index (χ2n) is 9.67. The van der Waals surface area contributed by atoms with E-state index < -0.39 is 10.0 Å². The second kappa shape index (κ2) is 10.9. The Labute approximate surface area is 219 Å². The zero-order valence-corrected chi connectivity index (χ0v) is 22.0. The van der Waals surface area contributed by atoms with Crippen molar-refractivity contribution in [2.75, 3.05) is 43.6 Å². The minimum Gasteiger partial charge on any atom is -0.483 e. The summed E-state index contributed by atoms with van der Waals surface area (Å²) in [6.45, 7) is 6.08. The standard InChI is InChI=1S/C29H33N3O4S/c1-23-20-26(37(34,35)32-15-7-11-25-10-5-6-12-27(25)32)13-14-28(23)36-22-29(33)31-18-16-30(17-19-31)21-24-8-3-2-4-9-24/h2-6,8-10,12-14,20H,7,11,15-19,21-22H2,1H3. The number of rotatable bonds is 7. The minimum atomic E-state index is -3.69. The monoisotopic (exact) mass is 519 g/mol. The Morgan fingerprint density at radius 3 is 2.38 bits per heavy atom. The van der Waals surface area contributed by atoms with Gasteiger partial charge in [0.1, 0.15) is 5.75 Å².